The number of hydrogen-bond acceptors (Lipinski definition) is 7. The van der Waals surface area contributed by atoms with E-state index in [4.69, 9.17) is 0 Å². The molecule has 0 radical (unpaired) electrons. The molecule has 0 aliphatic heterocycles. The number of rotatable bonds is 16. The first-order chi connectivity index (χ1) is 19.7. The van der Waals surface area contributed by atoms with E-state index in [0.29, 0.717) is 24.9 Å². The van der Waals surface area contributed by atoms with Crippen LogP contribution in [0.4, 0.5) is 0 Å². The molecule has 1 atom stereocenters. The van der Waals surface area contributed by atoms with Crippen LogP contribution in [0.5, 0.6) is 5.75 Å². The Bertz CT molecular complexity index is 1230. The monoisotopic (exact) mass is 537 g/mol. The van der Waals surface area contributed by atoms with Gasteiger partial charge in [-0.2, -0.15) is 0 Å². The topological polar surface area (TPSA) is 85.1 Å². The molecule has 40 heavy (non-hydrogen) atoms. The van der Waals surface area contributed by atoms with Gasteiger partial charge in [0.2, 0.25) is 0 Å². The van der Waals surface area contributed by atoms with Crippen molar-refractivity contribution in [3.8, 4) is 5.75 Å². The molecule has 0 spiro atoms. The number of para-hydroxylation sites is 1. The number of pyridine rings is 2. The van der Waals surface area contributed by atoms with Crippen molar-refractivity contribution in [3.63, 3.8) is 0 Å². The van der Waals surface area contributed by atoms with Crippen LogP contribution in [-0.2, 0) is 19.6 Å². The van der Waals surface area contributed by atoms with Gasteiger partial charge in [0.05, 0.1) is 17.5 Å². The lowest BCUT2D eigenvalue weighted by Gasteiger charge is -2.28. The van der Waals surface area contributed by atoms with E-state index in [1.165, 1.54) is 5.56 Å². The quantitative estimate of drug-likeness (QED) is 0.197. The minimum Gasteiger partial charge on any atom is -0.507 e. The Kier molecular flexibility index (Phi) is 11.8. The molecule has 0 aliphatic rings. The Morgan fingerprint density at radius 1 is 0.675 bits per heavy atom. The molecule has 4 rings (SSSR count). The van der Waals surface area contributed by atoms with Crippen molar-refractivity contribution in [1.29, 1.82) is 0 Å². The average Bonchev–Trinajstić information content (AvgIpc) is 2.99. The molecule has 0 amide bonds. The lowest BCUT2D eigenvalue weighted by atomic mass is 10.1. The van der Waals surface area contributed by atoms with Gasteiger partial charge in [-0.05, 0) is 54.8 Å². The summed E-state index contributed by atoms with van der Waals surface area (Å²) in [6.45, 7) is 5.30. The van der Waals surface area contributed by atoms with Gasteiger partial charge in [-0.1, -0.05) is 54.6 Å². The summed E-state index contributed by atoms with van der Waals surface area (Å²) >= 11 is 0. The van der Waals surface area contributed by atoms with Crippen LogP contribution < -0.4 is 0 Å². The second kappa shape index (κ2) is 16.3. The summed E-state index contributed by atoms with van der Waals surface area (Å²) in [4.78, 5) is 18.3. The number of aromatic nitrogens is 2. The summed E-state index contributed by atoms with van der Waals surface area (Å²) in [5.74, 6) is 0.212. The largest absolute Gasteiger partial charge is 0.507 e. The Morgan fingerprint density at radius 2 is 1.30 bits per heavy atom. The molecule has 7 heteroatoms. The Labute approximate surface area is 237 Å². The van der Waals surface area contributed by atoms with Crippen LogP contribution in [0.2, 0.25) is 0 Å². The fraction of sp³-hybridized carbons (Fsp3) is 0.303. The molecule has 0 saturated heterocycles. The highest BCUT2D eigenvalue weighted by molar-refractivity contribution is 5.83. The molecule has 4 aromatic rings. The van der Waals surface area contributed by atoms with Crippen LogP contribution in [-0.4, -0.2) is 68.5 Å². The fourth-order valence-corrected chi connectivity index (χ4v) is 4.51. The lowest BCUT2D eigenvalue weighted by Crippen LogP contribution is -2.36. The Balaban J connectivity index is 1.34. The summed E-state index contributed by atoms with van der Waals surface area (Å²) in [5, 5.41) is 20.6. The fourth-order valence-electron chi connectivity index (χ4n) is 4.51. The summed E-state index contributed by atoms with van der Waals surface area (Å²) in [7, 11) is 0. The zero-order valence-corrected chi connectivity index (χ0v) is 23.0. The number of aliphatic hydroxyl groups is 1. The van der Waals surface area contributed by atoms with Crippen LogP contribution in [0.25, 0.3) is 0 Å². The van der Waals surface area contributed by atoms with Crippen molar-refractivity contribution in [1.82, 2.24) is 19.8 Å². The standard InChI is InChI=1S/C33H39N5O2/c39-32(16-20-34-24-29-12-4-5-15-33(29)40)17-21-37(25-28-10-2-1-3-11-28)22-23-38(26-30-13-6-8-18-35-30)27-31-14-7-9-19-36-31/h1-15,18-19,24,32,39-40H,16-17,20-23,25-27H2/t32-/m1/s1. The lowest BCUT2D eigenvalue weighted by molar-refractivity contribution is 0.124. The smallest absolute Gasteiger partial charge is 0.124 e. The molecule has 2 aromatic carbocycles. The minimum absolute atomic E-state index is 0.212. The van der Waals surface area contributed by atoms with Crippen LogP contribution in [0.3, 0.4) is 0 Å². The SMILES string of the molecule is Oc1ccccc1C=NCC[C@@H](O)CCN(CCN(Cc1ccccn1)Cc1ccccn1)Cc1ccccc1. The highest BCUT2D eigenvalue weighted by atomic mass is 16.3. The van der Waals surface area contributed by atoms with Gasteiger partial charge in [0, 0.05) is 70.0 Å². The molecular formula is C33H39N5O2. The number of nitrogens with zero attached hydrogens (tertiary/aromatic N) is 5. The molecule has 0 aliphatic carbocycles. The van der Waals surface area contributed by atoms with Gasteiger partial charge in [0.25, 0.3) is 0 Å². The molecule has 0 saturated carbocycles. The maximum atomic E-state index is 10.7. The average molecular weight is 538 g/mol. The van der Waals surface area contributed by atoms with Crippen molar-refractivity contribution in [2.75, 3.05) is 26.2 Å². The molecule has 2 heterocycles. The predicted octanol–water partition coefficient (Wildman–Crippen LogP) is 4.95. The maximum absolute atomic E-state index is 10.7. The molecule has 208 valence electrons. The van der Waals surface area contributed by atoms with Gasteiger partial charge in [-0.3, -0.25) is 24.8 Å². The van der Waals surface area contributed by atoms with Crippen LogP contribution in [0, 0.1) is 0 Å². The maximum Gasteiger partial charge on any atom is 0.124 e. The van der Waals surface area contributed by atoms with Gasteiger partial charge in [-0.15, -0.1) is 0 Å². The van der Waals surface area contributed by atoms with Crippen molar-refractivity contribution in [3.05, 3.63) is 126 Å². The first-order valence-corrected chi connectivity index (χ1v) is 13.9. The molecule has 2 aromatic heterocycles. The van der Waals surface area contributed by atoms with E-state index in [0.717, 1.165) is 50.7 Å². The Morgan fingerprint density at radius 3 is 1.95 bits per heavy atom. The van der Waals surface area contributed by atoms with Crippen LogP contribution in [0.1, 0.15) is 35.4 Å². The second-order valence-corrected chi connectivity index (χ2v) is 9.94. The third-order valence-corrected chi connectivity index (χ3v) is 6.74. The van der Waals surface area contributed by atoms with Crippen LogP contribution in [0.15, 0.2) is 108 Å². The normalized spacial score (nSPS) is 12.4. The molecule has 7 nitrogen and oxygen atoms in total. The number of benzene rings is 2. The van der Waals surface area contributed by atoms with Gasteiger partial charge in [-0.25, -0.2) is 0 Å². The number of aliphatic imine (C=N–C) groups is 1. The number of hydrogen-bond donors (Lipinski definition) is 2. The Hall–Kier alpha value is -3.91. The second-order valence-electron chi connectivity index (χ2n) is 9.94. The van der Waals surface area contributed by atoms with Crippen molar-refractivity contribution < 1.29 is 10.2 Å². The minimum atomic E-state index is -0.446. The van der Waals surface area contributed by atoms with Crippen molar-refractivity contribution >= 4 is 6.21 Å². The third-order valence-electron chi connectivity index (χ3n) is 6.74. The molecule has 0 bridgehead atoms. The number of aliphatic hydroxyl groups excluding tert-OH is 1. The zero-order valence-electron chi connectivity index (χ0n) is 23.0. The number of phenolic OH excluding ortho intramolecular Hbond substituents is 1. The summed E-state index contributed by atoms with van der Waals surface area (Å²) in [6, 6.07) is 29.6. The first kappa shape index (κ1) is 29.1. The van der Waals surface area contributed by atoms with Gasteiger partial charge >= 0.3 is 0 Å². The van der Waals surface area contributed by atoms with Gasteiger partial charge in [0.1, 0.15) is 5.75 Å². The van der Waals surface area contributed by atoms with E-state index in [1.54, 1.807) is 18.3 Å². The molecule has 0 fully saturated rings. The van der Waals surface area contributed by atoms with Crippen molar-refractivity contribution in [2.24, 2.45) is 4.99 Å². The molecular weight excluding hydrogens is 498 g/mol. The summed E-state index contributed by atoms with van der Waals surface area (Å²) in [5.41, 5.74) is 4.01. The third kappa shape index (κ3) is 10.3. The van der Waals surface area contributed by atoms with E-state index in [1.807, 2.05) is 54.9 Å². The van der Waals surface area contributed by atoms with E-state index in [-0.39, 0.29) is 5.75 Å². The van der Waals surface area contributed by atoms with Crippen LogP contribution >= 0.6 is 0 Å². The van der Waals surface area contributed by atoms with Crippen molar-refractivity contribution in [2.45, 2.75) is 38.6 Å². The zero-order chi connectivity index (χ0) is 27.8. The first-order valence-electron chi connectivity index (χ1n) is 13.9. The molecule has 0 unspecified atom stereocenters. The number of phenols is 1. The highest BCUT2D eigenvalue weighted by Crippen LogP contribution is 2.14. The highest BCUT2D eigenvalue weighted by Gasteiger charge is 2.14. The number of aromatic hydroxyl groups is 1. The molecule has 2 N–H and O–H groups in total. The predicted molar refractivity (Wildman–Crippen MR) is 160 cm³/mol. The summed E-state index contributed by atoms with van der Waals surface area (Å²) in [6.07, 6.45) is 6.14. The van der Waals surface area contributed by atoms with E-state index >= 15 is 0 Å². The van der Waals surface area contributed by atoms with Gasteiger partial charge < -0.3 is 10.2 Å². The van der Waals surface area contributed by atoms with E-state index in [9.17, 15) is 10.2 Å². The van der Waals surface area contributed by atoms with E-state index < -0.39 is 6.10 Å². The van der Waals surface area contributed by atoms with Gasteiger partial charge in [0.15, 0.2) is 0 Å². The van der Waals surface area contributed by atoms with E-state index in [2.05, 4.69) is 61.2 Å². The summed E-state index contributed by atoms with van der Waals surface area (Å²) < 4.78 is 0.